The Bertz CT molecular complexity index is 947. The molecule has 0 saturated heterocycles. The quantitative estimate of drug-likeness (QED) is 0.735. The molecule has 7 heteroatoms. The third-order valence-corrected chi connectivity index (χ3v) is 3.51. The number of amides is 1. The number of ether oxygens (including phenoxy) is 1. The molecule has 0 atom stereocenters. The number of hydrogen-bond donors (Lipinski definition) is 2. The molecular formula is C19H15N5O2. The highest BCUT2D eigenvalue weighted by Gasteiger charge is 2.08. The summed E-state index contributed by atoms with van der Waals surface area (Å²) in [5, 5.41) is 14.6. The summed E-state index contributed by atoms with van der Waals surface area (Å²) in [5.74, 6) is 0.776. The van der Waals surface area contributed by atoms with Crippen LogP contribution in [-0.4, -0.2) is 23.0 Å². The number of nitriles is 1. The second kappa shape index (κ2) is 7.77. The highest BCUT2D eigenvalue weighted by atomic mass is 16.5. The standard InChI is InChI=1S/C19H15N5O2/c1-26-17-7-5-15(6-8-17)24-19-21-11-14(12-22-19)18(25)23-16-4-2-3-13(9-16)10-20/h2-9,11-12H,1H3,(H,23,25)(H,21,22,24). The van der Waals surface area contributed by atoms with Crippen molar-refractivity contribution in [3.05, 3.63) is 72.1 Å². The van der Waals surface area contributed by atoms with E-state index in [0.29, 0.717) is 22.8 Å². The van der Waals surface area contributed by atoms with Gasteiger partial charge in [0, 0.05) is 23.8 Å². The number of carbonyl (C=O) groups excluding carboxylic acids is 1. The van der Waals surface area contributed by atoms with Crippen molar-refractivity contribution >= 4 is 23.2 Å². The first kappa shape index (κ1) is 16.9. The average Bonchev–Trinajstić information content (AvgIpc) is 2.69. The van der Waals surface area contributed by atoms with Crippen molar-refractivity contribution in [2.45, 2.75) is 0 Å². The highest BCUT2D eigenvalue weighted by Crippen LogP contribution is 2.18. The molecule has 2 aromatic carbocycles. The van der Waals surface area contributed by atoms with Crippen molar-refractivity contribution in [1.82, 2.24) is 9.97 Å². The van der Waals surface area contributed by atoms with E-state index in [-0.39, 0.29) is 5.91 Å². The molecule has 2 N–H and O–H groups in total. The Labute approximate surface area is 150 Å². The van der Waals surface area contributed by atoms with Crippen LogP contribution >= 0.6 is 0 Å². The molecule has 0 aliphatic heterocycles. The van der Waals surface area contributed by atoms with Gasteiger partial charge in [-0.05, 0) is 42.5 Å². The van der Waals surface area contributed by atoms with Gasteiger partial charge >= 0.3 is 0 Å². The molecule has 0 spiro atoms. The first-order valence-electron chi connectivity index (χ1n) is 7.72. The molecule has 1 heterocycles. The fourth-order valence-electron chi connectivity index (χ4n) is 2.18. The molecule has 3 rings (SSSR count). The van der Waals surface area contributed by atoms with Crippen LogP contribution < -0.4 is 15.4 Å². The number of aromatic nitrogens is 2. The van der Waals surface area contributed by atoms with E-state index in [1.54, 1.807) is 31.4 Å². The minimum absolute atomic E-state index is 0.313. The van der Waals surface area contributed by atoms with E-state index in [4.69, 9.17) is 10.00 Å². The zero-order valence-corrected chi connectivity index (χ0v) is 13.9. The van der Waals surface area contributed by atoms with Crippen molar-refractivity contribution in [2.24, 2.45) is 0 Å². The van der Waals surface area contributed by atoms with Crippen LogP contribution in [0.4, 0.5) is 17.3 Å². The molecule has 3 aromatic rings. The number of methoxy groups -OCH3 is 1. The van der Waals surface area contributed by atoms with Gasteiger partial charge in [-0.15, -0.1) is 0 Å². The van der Waals surface area contributed by atoms with Gasteiger partial charge in [-0.1, -0.05) is 6.07 Å². The normalized spacial score (nSPS) is 9.85. The second-order valence-electron chi connectivity index (χ2n) is 5.30. The molecule has 0 aliphatic rings. The summed E-state index contributed by atoms with van der Waals surface area (Å²) in [7, 11) is 1.60. The third-order valence-electron chi connectivity index (χ3n) is 3.51. The van der Waals surface area contributed by atoms with Gasteiger partial charge in [0.15, 0.2) is 0 Å². The molecule has 0 fully saturated rings. The van der Waals surface area contributed by atoms with Gasteiger partial charge in [-0.3, -0.25) is 4.79 Å². The number of hydrogen-bond acceptors (Lipinski definition) is 6. The monoisotopic (exact) mass is 345 g/mol. The van der Waals surface area contributed by atoms with Gasteiger partial charge in [-0.2, -0.15) is 5.26 Å². The summed E-state index contributed by atoms with van der Waals surface area (Å²) in [6.07, 6.45) is 2.87. The lowest BCUT2D eigenvalue weighted by Gasteiger charge is -2.07. The van der Waals surface area contributed by atoms with E-state index in [0.717, 1.165) is 11.4 Å². The summed E-state index contributed by atoms with van der Waals surface area (Å²) < 4.78 is 5.10. The number of carbonyl (C=O) groups is 1. The third kappa shape index (κ3) is 4.13. The predicted octanol–water partition coefficient (Wildman–Crippen LogP) is 3.35. The molecule has 0 radical (unpaired) electrons. The molecule has 0 saturated carbocycles. The van der Waals surface area contributed by atoms with E-state index in [1.807, 2.05) is 30.3 Å². The molecule has 0 aliphatic carbocycles. The summed E-state index contributed by atoms with van der Waals surface area (Å²) in [4.78, 5) is 20.5. The van der Waals surface area contributed by atoms with Gasteiger partial charge in [-0.25, -0.2) is 9.97 Å². The molecule has 1 amide bonds. The Kier molecular flexibility index (Phi) is 5.05. The van der Waals surface area contributed by atoms with Gasteiger partial charge in [0.2, 0.25) is 5.95 Å². The summed E-state index contributed by atoms with van der Waals surface area (Å²) >= 11 is 0. The lowest BCUT2D eigenvalue weighted by atomic mass is 10.2. The molecule has 26 heavy (non-hydrogen) atoms. The maximum atomic E-state index is 12.2. The number of rotatable bonds is 5. The van der Waals surface area contributed by atoms with E-state index in [1.165, 1.54) is 12.4 Å². The smallest absolute Gasteiger partial charge is 0.258 e. The van der Waals surface area contributed by atoms with E-state index >= 15 is 0 Å². The van der Waals surface area contributed by atoms with Crippen LogP contribution in [0.25, 0.3) is 0 Å². The number of anilines is 3. The zero-order valence-electron chi connectivity index (χ0n) is 13.9. The lowest BCUT2D eigenvalue weighted by Crippen LogP contribution is -2.13. The fourth-order valence-corrected chi connectivity index (χ4v) is 2.18. The minimum Gasteiger partial charge on any atom is -0.497 e. The number of nitrogens with zero attached hydrogens (tertiary/aromatic N) is 3. The molecule has 7 nitrogen and oxygen atoms in total. The summed E-state index contributed by atoms with van der Waals surface area (Å²) in [5.41, 5.74) is 2.12. The van der Waals surface area contributed by atoms with Crippen LogP contribution in [0.2, 0.25) is 0 Å². The average molecular weight is 345 g/mol. The van der Waals surface area contributed by atoms with Crippen LogP contribution in [0.5, 0.6) is 5.75 Å². The van der Waals surface area contributed by atoms with Gasteiger partial charge in [0.1, 0.15) is 5.75 Å². The first-order valence-corrected chi connectivity index (χ1v) is 7.72. The number of benzene rings is 2. The van der Waals surface area contributed by atoms with Crippen molar-refractivity contribution < 1.29 is 9.53 Å². The molecule has 1 aromatic heterocycles. The Hall–Kier alpha value is -3.92. The number of nitrogens with one attached hydrogen (secondary N) is 2. The topological polar surface area (TPSA) is 99.9 Å². The van der Waals surface area contributed by atoms with Gasteiger partial charge in [0.25, 0.3) is 5.91 Å². The largest absolute Gasteiger partial charge is 0.497 e. The Morgan fingerprint density at radius 3 is 2.46 bits per heavy atom. The first-order chi connectivity index (χ1) is 12.7. The zero-order chi connectivity index (χ0) is 18.4. The Morgan fingerprint density at radius 1 is 1.08 bits per heavy atom. The van der Waals surface area contributed by atoms with Crippen LogP contribution in [0.1, 0.15) is 15.9 Å². The summed E-state index contributed by atoms with van der Waals surface area (Å²) in [6.45, 7) is 0. The Balaban J connectivity index is 1.66. The lowest BCUT2D eigenvalue weighted by molar-refractivity contribution is 0.102. The maximum absolute atomic E-state index is 12.2. The van der Waals surface area contributed by atoms with Crippen LogP contribution in [0.15, 0.2) is 60.9 Å². The van der Waals surface area contributed by atoms with Gasteiger partial charge in [0.05, 0.1) is 24.3 Å². The van der Waals surface area contributed by atoms with Crippen molar-refractivity contribution in [1.29, 1.82) is 5.26 Å². The van der Waals surface area contributed by atoms with Crippen molar-refractivity contribution in [2.75, 3.05) is 17.7 Å². The minimum atomic E-state index is -0.351. The SMILES string of the molecule is COc1ccc(Nc2ncc(C(=O)Nc3cccc(C#N)c3)cn2)cc1. The van der Waals surface area contributed by atoms with E-state index < -0.39 is 0 Å². The van der Waals surface area contributed by atoms with Crippen molar-refractivity contribution in [3.63, 3.8) is 0 Å². The molecule has 0 unspecified atom stereocenters. The molecular weight excluding hydrogens is 330 g/mol. The van der Waals surface area contributed by atoms with Crippen LogP contribution in [0, 0.1) is 11.3 Å². The van der Waals surface area contributed by atoms with E-state index in [9.17, 15) is 4.79 Å². The van der Waals surface area contributed by atoms with Gasteiger partial charge < -0.3 is 15.4 Å². The predicted molar refractivity (Wildman–Crippen MR) is 97.4 cm³/mol. The fraction of sp³-hybridized carbons (Fsp3) is 0.0526. The van der Waals surface area contributed by atoms with Crippen LogP contribution in [-0.2, 0) is 0 Å². The van der Waals surface area contributed by atoms with Crippen LogP contribution in [0.3, 0.4) is 0 Å². The summed E-state index contributed by atoms with van der Waals surface area (Å²) in [6, 6.07) is 16.0. The second-order valence-corrected chi connectivity index (χ2v) is 5.30. The van der Waals surface area contributed by atoms with E-state index in [2.05, 4.69) is 20.6 Å². The van der Waals surface area contributed by atoms with Crippen molar-refractivity contribution in [3.8, 4) is 11.8 Å². The molecule has 128 valence electrons. The molecule has 0 bridgehead atoms. The Morgan fingerprint density at radius 2 is 1.81 bits per heavy atom. The highest BCUT2D eigenvalue weighted by molar-refractivity contribution is 6.04. The maximum Gasteiger partial charge on any atom is 0.258 e.